The van der Waals surface area contributed by atoms with Gasteiger partial charge in [0, 0.05) is 0 Å². The van der Waals surface area contributed by atoms with Gasteiger partial charge in [0.1, 0.15) is 0 Å². The summed E-state index contributed by atoms with van der Waals surface area (Å²) >= 11 is 0. The maximum absolute atomic E-state index is 4.10. The summed E-state index contributed by atoms with van der Waals surface area (Å²) in [7, 11) is 0. The molecule has 0 aromatic heterocycles. The third-order valence-electron chi connectivity index (χ3n) is 6.53. The van der Waals surface area contributed by atoms with E-state index in [0.717, 1.165) is 22.3 Å². The number of allylic oxidation sites excluding steroid dienone is 9. The van der Waals surface area contributed by atoms with Crippen LogP contribution in [0.25, 0.3) is 43.8 Å². The first-order chi connectivity index (χ1) is 17.0. The van der Waals surface area contributed by atoms with Crippen LogP contribution in [0.15, 0.2) is 134 Å². The van der Waals surface area contributed by atoms with E-state index < -0.39 is 0 Å². The molecule has 0 heterocycles. The molecule has 0 spiro atoms. The highest BCUT2D eigenvalue weighted by atomic mass is 14.2. The minimum Gasteiger partial charge on any atom is -0.0984 e. The summed E-state index contributed by atoms with van der Waals surface area (Å²) in [6.07, 6.45) is 10.2. The van der Waals surface area contributed by atoms with E-state index in [-0.39, 0.29) is 0 Å². The molecule has 0 fully saturated rings. The molecule has 0 aliphatic rings. The van der Waals surface area contributed by atoms with Crippen LogP contribution < -0.4 is 0 Å². The molecule has 0 N–H and O–H groups in total. The second-order valence-electron chi connectivity index (χ2n) is 8.68. The van der Waals surface area contributed by atoms with Crippen molar-refractivity contribution >= 4 is 32.7 Å². The Bertz CT molecular complexity index is 1470. The number of fused-ring (bicyclic) bond motifs is 2. The molecule has 4 rings (SSSR count). The van der Waals surface area contributed by atoms with Crippen LogP contribution in [-0.4, -0.2) is 0 Å². The minimum absolute atomic E-state index is 1.02. The third-order valence-corrected chi connectivity index (χ3v) is 6.53. The number of hydrogen-bond acceptors (Lipinski definition) is 0. The maximum Gasteiger partial charge on any atom is -0.00235 e. The first-order valence-corrected chi connectivity index (χ1v) is 12.0. The van der Waals surface area contributed by atoms with Crippen LogP contribution in [0.1, 0.15) is 31.9 Å². The Labute approximate surface area is 209 Å². The highest BCUT2D eigenvalue weighted by molar-refractivity contribution is 6.20. The van der Waals surface area contributed by atoms with Gasteiger partial charge >= 0.3 is 0 Å². The number of benzene rings is 4. The van der Waals surface area contributed by atoms with E-state index in [4.69, 9.17) is 0 Å². The largest absolute Gasteiger partial charge is 0.0984 e. The fraction of sp³-hybridized carbons (Fsp3) is 0.0857. The van der Waals surface area contributed by atoms with E-state index in [1.54, 1.807) is 0 Å². The summed E-state index contributed by atoms with van der Waals surface area (Å²) in [6, 6.07) is 26.2. The van der Waals surface area contributed by atoms with Crippen molar-refractivity contribution < 1.29 is 0 Å². The molecule has 35 heavy (non-hydrogen) atoms. The van der Waals surface area contributed by atoms with Gasteiger partial charge in [-0.1, -0.05) is 128 Å². The van der Waals surface area contributed by atoms with Crippen LogP contribution in [0.5, 0.6) is 0 Å². The van der Waals surface area contributed by atoms with Crippen LogP contribution >= 0.6 is 0 Å². The number of rotatable bonds is 7. The fourth-order valence-electron chi connectivity index (χ4n) is 4.90. The van der Waals surface area contributed by atoms with Gasteiger partial charge in [-0.25, -0.2) is 0 Å². The Hall–Kier alpha value is -4.16. The van der Waals surface area contributed by atoms with Gasteiger partial charge < -0.3 is 0 Å². The van der Waals surface area contributed by atoms with E-state index >= 15 is 0 Å². The highest BCUT2D eigenvalue weighted by Gasteiger charge is 2.19. The molecule has 0 unspecified atom stereocenters. The Morgan fingerprint density at radius 2 is 1.23 bits per heavy atom. The van der Waals surface area contributed by atoms with Gasteiger partial charge in [0.25, 0.3) is 0 Å². The van der Waals surface area contributed by atoms with Crippen LogP contribution in [0.3, 0.4) is 0 Å². The van der Waals surface area contributed by atoms with Gasteiger partial charge in [0.2, 0.25) is 0 Å². The van der Waals surface area contributed by atoms with Crippen LogP contribution in [0, 0.1) is 0 Å². The summed E-state index contributed by atoms with van der Waals surface area (Å²) < 4.78 is 0. The van der Waals surface area contributed by atoms with E-state index in [1.807, 2.05) is 26.0 Å². The van der Waals surface area contributed by atoms with Crippen molar-refractivity contribution in [2.75, 3.05) is 0 Å². The lowest BCUT2D eigenvalue weighted by Gasteiger charge is -2.21. The normalized spacial score (nSPS) is 11.7. The summed E-state index contributed by atoms with van der Waals surface area (Å²) in [5, 5.41) is 4.94. The van der Waals surface area contributed by atoms with Crippen molar-refractivity contribution in [2.45, 2.75) is 20.8 Å². The SMILES string of the molecule is C=CC(C=C)=C(C=CC)C(=CC)c1c2ccccc2c(-c2ccc(C(=C)C)cc2)c2ccccc12. The second kappa shape index (κ2) is 10.4. The first kappa shape index (κ1) is 24.0. The summed E-state index contributed by atoms with van der Waals surface area (Å²) in [6.45, 7) is 18.4. The van der Waals surface area contributed by atoms with Gasteiger partial charge in [-0.2, -0.15) is 0 Å². The Morgan fingerprint density at radius 1 is 0.714 bits per heavy atom. The van der Waals surface area contributed by atoms with Crippen molar-refractivity contribution in [1.29, 1.82) is 0 Å². The smallest absolute Gasteiger partial charge is 0.00235 e. The first-order valence-electron chi connectivity index (χ1n) is 12.0. The van der Waals surface area contributed by atoms with E-state index in [0.29, 0.717) is 0 Å². The van der Waals surface area contributed by atoms with Gasteiger partial charge in [-0.05, 0) is 81.3 Å². The van der Waals surface area contributed by atoms with Crippen molar-refractivity contribution in [2.24, 2.45) is 0 Å². The summed E-state index contributed by atoms with van der Waals surface area (Å²) in [5.41, 5.74) is 9.24. The van der Waals surface area contributed by atoms with Crippen LogP contribution in [-0.2, 0) is 0 Å². The second-order valence-corrected chi connectivity index (χ2v) is 8.68. The van der Waals surface area contributed by atoms with E-state index in [1.165, 1.54) is 43.8 Å². The van der Waals surface area contributed by atoms with Gasteiger partial charge in [0.05, 0.1) is 0 Å². The quantitative estimate of drug-likeness (QED) is 0.193. The fourth-order valence-corrected chi connectivity index (χ4v) is 4.90. The van der Waals surface area contributed by atoms with Crippen molar-refractivity contribution in [3.05, 3.63) is 145 Å². The lowest BCUT2D eigenvalue weighted by Crippen LogP contribution is -1.97. The zero-order chi connectivity index (χ0) is 24.9. The lowest BCUT2D eigenvalue weighted by atomic mass is 9.82. The molecule has 0 aliphatic heterocycles. The van der Waals surface area contributed by atoms with E-state index in [2.05, 4.69) is 118 Å². The molecule has 172 valence electrons. The average molecular weight is 453 g/mol. The average Bonchev–Trinajstić information content (AvgIpc) is 2.89. The van der Waals surface area contributed by atoms with E-state index in [9.17, 15) is 0 Å². The predicted octanol–water partition coefficient (Wildman–Crippen LogP) is 10.3. The molecule has 0 amide bonds. The summed E-state index contributed by atoms with van der Waals surface area (Å²) in [5.74, 6) is 0. The standard InChI is InChI=1S/C35H32/c1-7-15-29(25(8-2)9-3)28(10-4)35-32-18-13-11-16-30(32)34(31-17-12-14-19-33(31)35)27-22-20-26(21-23-27)24(5)6/h7-23H,2-3,5H2,1,4,6H3. The monoisotopic (exact) mass is 452 g/mol. The zero-order valence-corrected chi connectivity index (χ0v) is 20.9. The van der Waals surface area contributed by atoms with Crippen LogP contribution in [0.2, 0.25) is 0 Å². The molecular weight excluding hydrogens is 420 g/mol. The molecule has 0 heteroatoms. The topological polar surface area (TPSA) is 0 Å². The molecule has 0 radical (unpaired) electrons. The molecule has 0 bridgehead atoms. The molecular formula is C35H32. The summed E-state index contributed by atoms with van der Waals surface area (Å²) in [4.78, 5) is 0. The molecule has 0 saturated carbocycles. The molecule has 0 saturated heterocycles. The van der Waals surface area contributed by atoms with Gasteiger partial charge in [0.15, 0.2) is 0 Å². The van der Waals surface area contributed by atoms with Crippen LogP contribution in [0.4, 0.5) is 0 Å². The molecule has 0 nitrogen and oxygen atoms in total. The van der Waals surface area contributed by atoms with Crippen molar-refractivity contribution in [3.8, 4) is 11.1 Å². The molecule has 4 aromatic carbocycles. The van der Waals surface area contributed by atoms with Crippen molar-refractivity contribution in [1.82, 2.24) is 0 Å². The molecule has 4 aromatic rings. The number of hydrogen-bond donors (Lipinski definition) is 0. The Balaban J connectivity index is 2.16. The third kappa shape index (κ3) is 4.36. The Kier molecular flexibility index (Phi) is 7.13. The maximum atomic E-state index is 4.10. The Morgan fingerprint density at radius 3 is 1.66 bits per heavy atom. The predicted molar refractivity (Wildman–Crippen MR) is 157 cm³/mol. The zero-order valence-electron chi connectivity index (χ0n) is 20.9. The molecule has 0 atom stereocenters. The highest BCUT2D eigenvalue weighted by Crippen LogP contribution is 2.44. The minimum atomic E-state index is 1.02. The van der Waals surface area contributed by atoms with Gasteiger partial charge in [-0.15, -0.1) is 0 Å². The van der Waals surface area contributed by atoms with Crippen molar-refractivity contribution in [3.63, 3.8) is 0 Å². The molecule has 0 aliphatic carbocycles. The van der Waals surface area contributed by atoms with Gasteiger partial charge in [-0.3, -0.25) is 0 Å². The lowest BCUT2D eigenvalue weighted by molar-refractivity contribution is 1.53.